The Labute approximate surface area is 163 Å². The number of fused-ring (bicyclic) bond motifs is 1. The number of hydrogen-bond donors (Lipinski definition) is 0. The molecule has 0 radical (unpaired) electrons. The first-order valence-electron chi connectivity index (χ1n) is 9.27. The summed E-state index contributed by atoms with van der Waals surface area (Å²) in [6.07, 6.45) is 0.646. The predicted molar refractivity (Wildman–Crippen MR) is 104 cm³/mol. The number of halogens is 1. The molecule has 0 aliphatic heterocycles. The number of pyridine rings is 1. The molecular weight excluding hydrogens is 361 g/mol. The van der Waals surface area contributed by atoms with Gasteiger partial charge in [0.2, 0.25) is 0 Å². The number of hydrogen-bond acceptors (Lipinski definition) is 5. The number of rotatable bonds is 7. The van der Waals surface area contributed by atoms with Crippen molar-refractivity contribution < 1.29 is 18.4 Å². The Morgan fingerprint density at radius 3 is 2.68 bits per heavy atom. The van der Waals surface area contributed by atoms with Gasteiger partial charge in [0.05, 0.1) is 23.3 Å². The lowest BCUT2D eigenvalue weighted by Gasteiger charge is -2.18. The molecule has 0 saturated heterocycles. The van der Waals surface area contributed by atoms with Gasteiger partial charge in [0, 0.05) is 19.3 Å². The van der Waals surface area contributed by atoms with Crippen LogP contribution in [-0.4, -0.2) is 41.1 Å². The molecule has 0 bridgehead atoms. The van der Waals surface area contributed by atoms with E-state index < -0.39 is 0 Å². The average molecular weight is 385 g/mol. The molecule has 0 aliphatic carbocycles. The fourth-order valence-corrected chi connectivity index (χ4v) is 2.91. The molecule has 7 heteroatoms. The molecule has 2 aromatic heterocycles. The highest BCUT2D eigenvalue weighted by molar-refractivity contribution is 6.05. The number of amides is 1. The Bertz CT molecular complexity index is 967. The molecule has 3 rings (SSSR count). The van der Waals surface area contributed by atoms with E-state index in [4.69, 9.17) is 9.26 Å². The van der Waals surface area contributed by atoms with E-state index in [0.29, 0.717) is 47.7 Å². The third-order valence-electron chi connectivity index (χ3n) is 4.53. The van der Waals surface area contributed by atoms with Crippen LogP contribution in [0.1, 0.15) is 47.9 Å². The fraction of sp³-hybridized carbons (Fsp3) is 0.381. The van der Waals surface area contributed by atoms with Crippen LogP contribution in [0.2, 0.25) is 0 Å². The van der Waals surface area contributed by atoms with Crippen molar-refractivity contribution in [2.75, 3.05) is 20.2 Å². The van der Waals surface area contributed by atoms with Gasteiger partial charge >= 0.3 is 0 Å². The quantitative estimate of drug-likeness (QED) is 0.566. The molecule has 0 N–H and O–H groups in total. The van der Waals surface area contributed by atoms with Gasteiger partial charge in [-0.1, -0.05) is 19.0 Å². The number of aromatic nitrogens is 2. The standard InChI is InChI=1S/C21H24FN3O3/c1-13(2)18-12-17(19-14(3)24-28-20(19)23-18)21(26)25(4)10-5-11-27-16-8-6-15(22)7-9-16/h6-9,12-13H,5,10-11H2,1-4H3. The van der Waals surface area contributed by atoms with E-state index in [1.54, 1.807) is 31.0 Å². The molecule has 1 aromatic carbocycles. The van der Waals surface area contributed by atoms with E-state index in [9.17, 15) is 9.18 Å². The molecule has 28 heavy (non-hydrogen) atoms. The first kappa shape index (κ1) is 19.8. The minimum absolute atomic E-state index is 0.109. The largest absolute Gasteiger partial charge is 0.494 e. The van der Waals surface area contributed by atoms with E-state index in [2.05, 4.69) is 10.1 Å². The Balaban J connectivity index is 1.67. The molecule has 0 aliphatic rings. The molecule has 0 spiro atoms. The van der Waals surface area contributed by atoms with Gasteiger partial charge in [-0.25, -0.2) is 9.37 Å². The van der Waals surface area contributed by atoms with Crippen molar-refractivity contribution in [2.45, 2.75) is 33.1 Å². The molecule has 0 fully saturated rings. The van der Waals surface area contributed by atoms with Crippen LogP contribution >= 0.6 is 0 Å². The van der Waals surface area contributed by atoms with Crippen molar-refractivity contribution in [2.24, 2.45) is 0 Å². The van der Waals surface area contributed by atoms with E-state index in [-0.39, 0.29) is 17.6 Å². The Kier molecular flexibility index (Phi) is 5.92. The fourth-order valence-electron chi connectivity index (χ4n) is 2.91. The van der Waals surface area contributed by atoms with Crippen LogP contribution in [0.25, 0.3) is 11.1 Å². The summed E-state index contributed by atoms with van der Waals surface area (Å²) in [5.41, 5.74) is 2.38. The molecule has 1 amide bonds. The second kappa shape index (κ2) is 8.37. The average Bonchev–Trinajstić information content (AvgIpc) is 3.06. The highest BCUT2D eigenvalue weighted by Gasteiger charge is 2.22. The summed E-state index contributed by atoms with van der Waals surface area (Å²) in [6, 6.07) is 7.70. The van der Waals surface area contributed by atoms with Crippen LogP contribution in [0.15, 0.2) is 34.9 Å². The molecule has 0 atom stereocenters. The van der Waals surface area contributed by atoms with Crippen LogP contribution in [0.3, 0.4) is 0 Å². The summed E-state index contributed by atoms with van der Waals surface area (Å²) in [5, 5.41) is 4.62. The number of aryl methyl sites for hydroxylation is 1. The van der Waals surface area contributed by atoms with Gasteiger partial charge in [0.15, 0.2) is 0 Å². The van der Waals surface area contributed by atoms with Gasteiger partial charge in [-0.2, -0.15) is 0 Å². The van der Waals surface area contributed by atoms with Crippen LogP contribution in [0, 0.1) is 12.7 Å². The number of ether oxygens (including phenoxy) is 1. The Hall–Kier alpha value is -2.96. The number of nitrogens with zero attached hydrogens (tertiary/aromatic N) is 3. The lowest BCUT2D eigenvalue weighted by molar-refractivity contribution is 0.0789. The van der Waals surface area contributed by atoms with Crippen LogP contribution in [-0.2, 0) is 0 Å². The molecule has 3 aromatic rings. The zero-order valence-corrected chi connectivity index (χ0v) is 16.5. The first-order valence-corrected chi connectivity index (χ1v) is 9.27. The summed E-state index contributed by atoms with van der Waals surface area (Å²) in [7, 11) is 1.75. The maximum atomic E-state index is 13.0. The highest BCUT2D eigenvalue weighted by Crippen LogP contribution is 2.26. The van der Waals surface area contributed by atoms with E-state index >= 15 is 0 Å². The lowest BCUT2D eigenvalue weighted by atomic mass is 10.0. The minimum atomic E-state index is -0.300. The second-order valence-corrected chi connectivity index (χ2v) is 7.08. The molecule has 148 valence electrons. The van der Waals surface area contributed by atoms with E-state index in [1.807, 2.05) is 19.9 Å². The zero-order chi connectivity index (χ0) is 20.3. The Morgan fingerprint density at radius 1 is 1.29 bits per heavy atom. The van der Waals surface area contributed by atoms with E-state index in [1.165, 1.54) is 12.1 Å². The van der Waals surface area contributed by atoms with Gasteiger partial charge in [0.1, 0.15) is 11.6 Å². The van der Waals surface area contributed by atoms with Crippen molar-refractivity contribution in [3.63, 3.8) is 0 Å². The van der Waals surface area contributed by atoms with Gasteiger partial charge in [-0.3, -0.25) is 4.79 Å². The Morgan fingerprint density at radius 2 is 2.00 bits per heavy atom. The lowest BCUT2D eigenvalue weighted by Crippen LogP contribution is -2.29. The van der Waals surface area contributed by atoms with Crippen LogP contribution in [0.4, 0.5) is 4.39 Å². The highest BCUT2D eigenvalue weighted by atomic mass is 19.1. The third-order valence-corrected chi connectivity index (χ3v) is 4.53. The topological polar surface area (TPSA) is 68.5 Å². The van der Waals surface area contributed by atoms with Crippen molar-refractivity contribution in [1.82, 2.24) is 15.0 Å². The molecule has 0 saturated carbocycles. The molecule has 0 unspecified atom stereocenters. The van der Waals surface area contributed by atoms with Crippen molar-refractivity contribution in [1.29, 1.82) is 0 Å². The first-order chi connectivity index (χ1) is 13.4. The maximum absolute atomic E-state index is 13.0. The van der Waals surface area contributed by atoms with Gasteiger partial charge in [-0.05, 0) is 49.6 Å². The van der Waals surface area contributed by atoms with Crippen molar-refractivity contribution in [3.05, 3.63) is 53.1 Å². The van der Waals surface area contributed by atoms with Gasteiger partial charge < -0.3 is 14.2 Å². The molecular formula is C21H24FN3O3. The third kappa shape index (κ3) is 4.30. The molecule has 6 nitrogen and oxygen atoms in total. The summed E-state index contributed by atoms with van der Waals surface area (Å²) < 4.78 is 23.8. The molecule has 2 heterocycles. The summed E-state index contributed by atoms with van der Waals surface area (Å²) in [6.45, 7) is 6.78. The minimum Gasteiger partial charge on any atom is -0.494 e. The number of carbonyl (C=O) groups is 1. The number of benzene rings is 1. The summed E-state index contributed by atoms with van der Waals surface area (Å²) >= 11 is 0. The summed E-state index contributed by atoms with van der Waals surface area (Å²) in [5.74, 6) is 0.359. The van der Waals surface area contributed by atoms with Crippen molar-refractivity contribution >= 4 is 17.0 Å². The van der Waals surface area contributed by atoms with Gasteiger partial charge in [-0.15, -0.1) is 0 Å². The SMILES string of the molecule is Cc1noc2nc(C(C)C)cc(C(=O)N(C)CCCOc3ccc(F)cc3)c12. The van der Waals surface area contributed by atoms with Crippen molar-refractivity contribution in [3.8, 4) is 5.75 Å². The smallest absolute Gasteiger partial charge is 0.259 e. The monoisotopic (exact) mass is 385 g/mol. The second-order valence-electron chi connectivity index (χ2n) is 7.08. The zero-order valence-electron chi connectivity index (χ0n) is 16.5. The number of carbonyl (C=O) groups excluding carboxylic acids is 1. The van der Waals surface area contributed by atoms with Crippen LogP contribution in [0.5, 0.6) is 5.75 Å². The maximum Gasteiger partial charge on any atom is 0.259 e. The normalized spacial score (nSPS) is 11.2. The summed E-state index contributed by atoms with van der Waals surface area (Å²) in [4.78, 5) is 19.2. The van der Waals surface area contributed by atoms with E-state index in [0.717, 1.165) is 5.69 Å². The van der Waals surface area contributed by atoms with Crippen LogP contribution < -0.4 is 4.74 Å². The predicted octanol–water partition coefficient (Wildman–Crippen LogP) is 4.33. The van der Waals surface area contributed by atoms with Gasteiger partial charge in [0.25, 0.3) is 11.6 Å².